The van der Waals surface area contributed by atoms with Crippen molar-refractivity contribution in [1.29, 1.82) is 0 Å². The van der Waals surface area contributed by atoms with Crippen molar-refractivity contribution in [3.8, 4) is 0 Å². The molecule has 196 valence electrons. The molecule has 0 unspecified atom stereocenters. The highest BCUT2D eigenvalue weighted by Crippen LogP contribution is 2.24. The number of hydrogen-bond acceptors (Lipinski definition) is 8. The van der Waals surface area contributed by atoms with Gasteiger partial charge >= 0.3 is 5.97 Å². The molecule has 2 heterocycles. The summed E-state index contributed by atoms with van der Waals surface area (Å²) in [5.41, 5.74) is 0. The summed E-state index contributed by atoms with van der Waals surface area (Å²) in [6, 6.07) is -2.68. The number of rotatable bonds is 3. The molecule has 2 aliphatic rings. The van der Waals surface area contributed by atoms with Crippen LogP contribution < -0.4 is 21.3 Å². The van der Waals surface area contributed by atoms with E-state index < -0.39 is 60.4 Å². The molecule has 35 heavy (non-hydrogen) atoms. The van der Waals surface area contributed by atoms with Crippen LogP contribution in [0.4, 0.5) is 0 Å². The highest BCUT2D eigenvalue weighted by molar-refractivity contribution is 8.76. The van der Waals surface area contributed by atoms with Gasteiger partial charge in [-0.25, -0.2) is 0 Å². The lowest BCUT2D eigenvalue weighted by atomic mass is 10.0. The molecule has 0 saturated carbocycles. The Morgan fingerprint density at radius 1 is 0.971 bits per heavy atom. The van der Waals surface area contributed by atoms with Crippen molar-refractivity contribution >= 4 is 51.2 Å². The zero-order chi connectivity index (χ0) is 26.0. The van der Waals surface area contributed by atoms with Crippen molar-refractivity contribution in [2.45, 2.75) is 71.2 Å². The molecule has 0 aromatic rings. The number of hydrogen-bond donors (Lipinski definition) is 4. The first kappa shape index (κ1) is 29.0. The predicted molar refractivity (Wildman–Crippen MR) is 136 cm³/mol. The van der Waals surface area contributed by atoms with E-state index in [4.69, 9.17) is 4.74 Å². The fourth-order valence-electron chi connectivity index (χ4n) is 3.55. The van der Waals surface area contributed by atoms with Gasteiger partial charge in [-0.1, -0.05) is 55.4 Å². The first-order valence-electron chi connectivity index (χ1n) is 11.8. The van der Waals surface area contributed by atoms with Gasteiger partial charge in [-0.2, -0.15) is 0 Å². The maximum absolute atomic E-state index is 13.2. The number of carbonyl (C=O) groups excluding carboxylic acids is 5. The summed E-state index contributed by atoms with van der Waals surface area (Å²) in [4.78, 5) is 64.3. The quantitative estimate of drug-likeness (QED) is 0.241. The monoisotopic (exact) mass is 528 g/mol. The van der Waals surface area contributed by atoms with Crippen molar-refractivity contribution in [1.82, 2.24) is 21.3 Å². The molecule has 0 spiro atoms. The number of esters is 1. The summed E-state index contributed by atoms with van der Waals surface area (Å²) in [6.07, 6.45) is 3.49. The largest absolute Gasteiger partial charge is 0.456 e. The van der Waals surface area contributed by atoms with Crippen LogP contribution in [-0.4, -0.2) is 71.9 Å². The van der Waals surface area contributed by atoms with Crippen LogP contribution in [0, 0.1) is 11.8 Å². The van der Waals surface area contributed by atoms with E-state index in [1.54, 1.807) is 30.7 Å². The Balaban J connectivity index is 2.45. The van der Waals surface area contributed by atoms with Gasteiger partial charge in [0.05, 0.1) is 6.42 Å². The minimum atomic E-state index is -0.910. The molecular weight excluding hydrogens is 492 g/mol. The third kappa shape index (κ3) is 10.1. The maximum Gasteiger partial charge on any atom is 0.326 e. The molecule has 1 fully saturated rings. The minimum Gasteiger partial charge on any atom is -0.456 e. The fraction of sp³-hybridized carbons (Fsp3) is 0.696. The summed E-state index contributed by atoms with van der Waals surface area (Å²) >= 11 is 0. The smallest absolute Gasteiger partial charge is 0.326 e. The molecule has 0 aromatic carbocycles. The molecule has 0 radical (unpaired) electrons. The Kier molecular flexibility index (Phi) is 11.9. The normalized spacial score (nSPS) is 28.9. The second-order valence-electron chi connectivity index (χ2n) is 9.31. The topological polar surface area (TPSA) is 143 Å². The van der Waals surface area contributed by atoms with E-state index in [0.717, 1.165) is 5.75 Å². The fourth-order valence-corrected chi connectivity index (χ4v) is 5.71. The van der Waals surface area contributed by atoms with Gasteiger partial charge in [0.2, 0.25) is 23.6 Å². The number of fused-ring (bicyclic) bond motifs is 7. The second-order valence-corrected chi connectivity index (χ2v) is 11.9. The molecule has 4 N–H and O–H groups in total. The predicted octanol–water partition coefficient (Wildman–Crippen LogP) is 0.916. The molecule has 4 amide bonds. The van der Waals surface area contributed by atoms with Gasteiger partial charge in [0.15, 0.2) is 0 Å². The van der Waals surface area contributed by atoms with Crippen molar-refractivity contribution < 1.29 is 28.7 Å². The molecule has 12 heteroatoms. The SMILES string of the molecule is CC(C)C[C@@H]1NC(=O)[C@H]2CSSCC/C=C/[C@H](CC(=O)N[C@H](C(C)C)C(=O)N2)OC(=O)CNC1=O. The van der Waals surface area contributed by atoms with Crippen LogP contribution in [0.15, 0.2) is 12.2 Å². The van der Waals surface area contributed by atoms with Crippen LogP contribution in [-0.2, 0) is 28.7 Å². The van der Waals surface area contributed by atoms with Crippen molar-refractivity contribution in [3.05, 3.63) is 12.2 Å². The number of amides is 4. The number of ether oxygens (including phenoxy) is 1. The lowest BCUT2D eigenvalue weighted by Crippen LogP contribution is -2.59. The van der Waals surface area contributed by atoms with E-state index in [2.05, 4.69) is 21.3 Å². The van der Waals surface area contributed by atoms with E-state index in [9.17, 15) is 24.0 Å². The number of carbonyl (C=O) groups is 5. The average molecular weight is 529 g/mol. The van der Waals surface area contributed by atoms with Crippen LogP contribution in [0.5, 0.6) is 0 Å². The number of allylic oxidation sites excluding steroid dienone is 1. The second kappa shape index (κ2) is 14.4. The average Bonchev–Trinajstić information content (AvgIpc) is 2.77. The van der Waals surface area contributed by atoms with Crippen LogP contribution in [0.25, 0.3) is 0 Å². The Morgan fingerprint density at radius 3 is 2.40 bits per heavy atom. The van der Waals surface area contributed by atoms with Gasteiger partial charge in [-0.3, -0.25) is 24.0 Å². The molecule has 2 aliphatic heterocycles. The van der Waals surface area contributed by atoms with E-state index >= 15 is 0 Å². The van der Waals surface area contributed by atoms with Crippen molar-refractivity contribution in [2.24, 2.45) is 11.8 Å². The lowest BCUT2D eigenvalue weighted by Gasteiger charge is -2.27. The van der Waals surface area contributed by atoms with Crippen LogP contribution >= 0.6 is 21.6 Å². The summed E-state index contributed by atoms with van der Waals surface area (Å²) in [7, 11) is 2.98. The molecule has 2 rings (SSSR count). The van der Waals surface area contributed by atoms with E-state index in [1.807, 2.05) is 19.9 Å². The van der Waals surface area contributed by atoms with Gasteiger partial charge in [0.25, 0.3) is 0 Å². The summed E-state index contributed by atoms with van der Waals surface area (Å²) in [5, 5.41) is 10.7. The van der Waals surface area contributed by atoms with Gasteiger partial charge in [-0.05, 0) is 30.8 Å². The highest BCUT2D eigenvalue weighted by Gasteiger charge is 2.32. The third-order valence-corrected chi connectivity index (χ3v) is 7.80. The van der Waals surface area contributed by atoms with Crippen molar-refractivity contribution in [2.75, 3.05) is 18.1 Å². The molecule has 0 aliphatic carbocycles. The Bertz CT molecular complexity index is 820. The Labute approximate surface area is 214 Å². The third-order valence-electron chi connectivity index (χ3n) is 5.35. The van der Waals surface area contributed by atoms with Gasteiger partial charge in [0, 0.05) is 11.5 Å². The van der Waals surface area contributed by atoms with Crippen LogP contribution in [0.1, 0.15) is 47.0 Å². The molecule has 0 aromatic heterocycles. The lowest BCUT2D eigenvalue weighted by molar-refractivity contribution is -0.148. The van der Waals surface area contributed by atoms with Gasteiger partial charge < -0.3 is 26.0 Å². The molecular formula is C23H36N4O6S2. The molecule has 4 atom stereocenters. The number of nitrogens with one attached hydrogen (secondary N) is 4. The molecule has 1 saturated heterocycles. The first-order chi connectivity index (χ1) is 16.6. The zero-order valence-electron chi connectivity index (χ0n) is 20.6. The summed E-state index contributed by atoms with van der Waals surface area (Å²) in [6.45, 7) is 7.02. The maximum atomic E-state index is 13.2. The standard InChI is InChI=1S/C23H36N4O6S2/c1-13(2)9-16-21(30)24-11-19(29)33-15-7-5-6-8-34-35-12-17(22(31)25-16)26-23(32)20(14(3)4)27-18(28)10-15/h5,7,13-17,20H,6,8-12H2,1-4H3,(H,24,30)(H,25,31)(H,26,32)(H,27,28)/b7-5+/t15-,16+,17-,20-/m1/s1. The van der Waals surface area contributed by atoms with Crippen LogP contribution in [0.3, 0.4) is 0 Å². The van der Waals surface area contributed by atoms with Gasteiger partial charge in [-0.15, -0.1) is 0 Å². The van der Waals surface area contributed by atoms with Gasteiger partial charge in [0.1, 0.15) is 30.8 Å². The Morgan fingerprint density at radius 2 is 1.71 bits per heavy atom. The van der Waals surface area contributed by atoms with Crippen molar-refractivity contribution in [3.63, 3.8) is 0 Å². The first-order valence-corrected chi connectivity index (χ1v) is 14.3. The zero-order valence-corrected chi connectivity index (χ0v) is 22.3. The van der Waals surface area contributed by atoms with Crippen LogP contribution in [0.2, 0.25) is 0 Å². The summed E-state index contributed by atoms with van der Waals surface area (Å²) < 4.78 is 5.44. The highest BCUT2D eigenvalue weighted by atomic mass is 33.1. The van der Waals surface area contributed by atoms with E-state index in [1.165, 1.54) is 10.8 Å². The minimum absolute atomic E-state index is 0.0886. The Hall–Kier alpha value is -2.21. The van der Waals surface area contributed by atoms with E-state index in [0.29, 0.717) is 12.8 Å². The van der Waals surface area contributed by atoms with E-state index in [-0.39, 0.29) is 24.0 Å². The molecule has 10 nitrogen and oxygen atoms in total. The summed E-state index contributed by atoms with van der Waals surface area (Å²) in [5.74, 6) is -1.83. The molecule has 2 bridgehead atoms.